The zero-order chi connectivity index (χ0) is 19.9. The summed E-state index contributed by atoms with van der Waals surface area (Å²) in [5.41, 5.74) is 3.21. The maximum atomic E-state index is 12.9. The van der Waals surface area contributed by atoms with Gasteiger partial charge in [0.2, 0.25) is 5.91 Å². The molecule has 0 unspecified atom stereocenters. The summed E-state index contributed by atoms with van der Waals surface area (Å²) < 4.78 is 5.21. The van der Waals surface area contributed by atoms with Gasteiger partial charge in [0, 0.05) is 0 Å². The summed E-state index contributed by atoms with van der Waals surface area (Å²) in [7, 11) is 1.64. The number of hydrogen-bond donors (Lipinski definition) is 0. The Morgan fingerprint density at radius 3 is 2.50 bits per heavy atom. The van der Waals surface area contributed by atoms with Crippen molar-refractivity contribution in [1.29, 1.82) is 0 Å². The number of nitrogens with zero attached hydrogens (tertiary/aromatic N) is 3. The van der Waals surface area contributed by atoms with E-state index in [1.165, 1.54) is 17.3 Å². The van der Waals surface area contributed by atoms with Gasteiger partial charge in [-0.25, -0.2) is 0 Å². The molecule has 0 aromatic heterocycles. The number of carbonyl (C=O) groups is 1. The number of hydrogen-bond acceptors (Lipinski definition) is 5. The topological polar surface area (TPSA) is 54.3 Å². The summed E-state index contributed by atoms with van der Waals surface area (Å²) in [5.74, 6) is 0.901. The molecule has 0 N–H and O–H groups in total. The van der Waals surface area contributed by atoms with E-state index in [9.17, 15) is 4.79 Å². The lowest BCUT2D eigenvalue weighted by Gasteiger charge is -2.16. The molecule has 0 bridgehead atoms. The SMILES string of the molecule is CCC[C@@H]1S/C(=N\N=C/c2ccc(C)cc2)N(Cc2ccc(OC)cc2)C1=O. The summed E-state index contributed by atoms with van der Waals surface area (Å²) in [4.78, 5) is 14.6. The molecule has 1 aliphatic rings. The molecule has 0 aliphatic carbocycles. The third-order valence-corrected chi connectivity index (χ3v) is 5.73. The van der Waals surface area contributed by atoms with Gasteiger partial charge in [0.15, 0.2) is 5.17 Å². The van der Waals surface area contributed by atoms with Gasteiger partial charge in [-0.1, -0.05) is 67.1 Å². The van der Waals surface area contributed by atoms with E-state index in [1.54, 1.807) is 18.2 Å². The monoisotopic (exact) mass is 395 g/mol. The predicted molar refractivity (Wildman–Crippen MR) is 116 cm³/mol. The van der Waals surface area contributed by atoms with Gasteiger partial charge in [-0.05, 0) is 36.6 Å². The minimum Gasteiger partial charge on any atom is -0.497 e. The van der Waals surface area contributed by atoms with Crippen LogP contribution >= 0.6 is 11.8 Å². The van der Waals surface area contributed by atoms with Gasteiger partial charge in [0.1, 0.15) is 5.75 Å². The average Bonchev–Trinajstić information content (AvgIpc) is 2.99. The number of thioether (sulfide) groups is 1. The Hall–Kier alpha value is -2.60. The summed E-state index contributed by atoms with van der Waals surface area (Å²) in [6, 6.07) is 15.8. The highest BCUT2D eigenvalue weighted by molar-refractivity contribution is 8.15. The van der Waals surface area contributed by atoms with Crippen LogP contribution < -0.4 is 4.74 Å². The molecule has 3 rings (SSSR count). The first-order chi connectivity index (χ1) is 13.6. The van der Waals surface area contributed by atoms with E-state index < -0.39 is 0 Å². The quantitative estimate of drug-likeness (QED) is 0.507. The van der Waals surface area contributed by atoms with Gasteiger partial charge in [0.25, 0.3) is 0 Å². The Kier molecular flexibility index (Phi) is 6.87. The Morgan fingerprint density at radius 1 is 1.14 bits per heavy atom. The van der Waals surface area contributed by atoms with Gasteiger partial charge in [-0.2, -0.15) is 5.10 Å². The summed E-state index contributed by atoms with van der Waals surface area (Å²) in [6.45, 7) is 4.62. The van der Waals surface area contributed by atoms with Gasteiger partial charge < -0.3 is 4.74 Å². The smallest absolute Gasteiger partial charge is 0.242 e. The summed E-state index contributed by atoms with van der Waals surface area (Å²) >= 11 is 1.50. The van der Waals surface area contributed by atoms with Crippen molar-refractivity contribution < 1.29 is 9.53 Å². The molecule has 2 aromatic rings. The number of aryl methyl sites for hydroxylation is 1. The molecule has 0 saturated carbocycles. The van der Waals surface area contributed by atoms with Crippen molar-refractivity contribution in [3.8, 4) is 5.75 Å². The number of rotatable bonds is 7. The van der Waals surface area contributed by atoms with Gasteiger partial charge in [-0.3, -0.25) is 9.69 Å². The van der Waals surface area contributed by atoms with E-state index in [0.717, 1.165) is 29.7 Å². The van der Waals surface area contributed by atoms with Crippen molar-refractivity contribution in [2.75, 3.05) is 7.11 Å². The molecule has 1 atom stereocenters. The molecule has 1 aliphatic heterocycles. The van der Waals surface area contributed by atoms with E-state index in [-0.39, 0.29) is 11.2 Å². The van der Waals surface area contributed by atoms with Crippen LogP contribution in [0.4, 0.5) is 0 Å². The Morgan fingerprint density at radius 2 is 1.86 bits per heavy atom. The minimum atomic E-state index is -0.0865. The summed E-state index contributed by atoms with van der Waals surface area (Å²) in [5, 5.41) is 9.16. The maximum absolute atomic E-state index is 12.9. The van der Waals surface area contributed by atoms with Crippen LogP contribution in [0.1, 0.15) is 36.5 Å². The molecule has 1 heterocycles. The lowest BCUT2D eigenvalue weighted by molar-refractivity contribution is -0.126. The molecule has 1 fully saturated rings. The predicted octanol–water partition coefficient (Wildman–Crippen LogP) is 4.64. The van der Waals surface area contributed by atoms with Crippen LogP contribution in [0.5, 0.6) is 5.75 Å². The number of methoxy groups -OCH3 is 1. The van der Waals surface area contributed by atoms with Crippen molar-refractivity contribution in [2.24, 2.45) is 10.2 Å². The average molecular weight is 396 g/mol. The molecule has 146 valence electrons. The van der Waals surface area contributed by atoms with E-state index in [2.05, 4.69) is 17.1 Å². The normalized spacial score (nSPS) is 18.4. The van der Waals surface area contributed by atoms with Crippen molar-refractivity contribution in [1.82, 2.24) is 4.90 Å². The maximum Gasteiger partial charge on any atom is 0.242 e. The highest BCUT2D eigenvalue weighted by Gasteiger charge is 2.37. The first kappa shape index (κ1) is 20.1. The molecular weight excluding hydrogens is 370 g/mol. The number of benzene rings is 2. The molecule has 2 aromatic carbocycles. The molecule has 1 saturated heterocycles. The van der Waals surface area contributed by atoms with Gasteiger partial charge in [-0.15, -0.1) is 5.10 Å². The Labute approximate surface area is 170 Å². The molecule has 0 radical (unpaired) electrons. The highest BCUT2D eigenvalue weighted by atomic mass is 32.2. The zero-order valence-corrected chi connectivity index (χ0v) is 17.3. The lowest BCUT2D eigenvalue weighted by Crippen LogP contribution is -2.31. The second-order valence-electron chi connectivity index (χ2n) is 6.71. The standard InChI is InChI=1S/C22H25N3O2S/c1-4-5-20-21(26)25(15-18-10-12-19(27-3)13-11-18)22(28-20)24-23-14-17-8-6-16(2)7-9-17/h6-14,20H,4-5,15H2,1-3H3/b23-14-,24-22-/t20-/m0/s1. The Balaban J connectivity index is 1.78. The van der Waals surface area contributed by atoms with E-state index in [1.807, 2.05) is 55.5 Å². The molecular formula is C22H25N3O2S. The van der Waals surface area contributed by atoms with Crippen LogP contribution in [0.3, 0.4) is 0 Å². The third kappa shape index (κ3) is 5.01. The van der Waals surface area contributed by atoms with Gasteiger partial charge >= 0.3 is 0 Å². The van der Waals surface area contributed by atoms with E-state index in [0.29, 0.717) is 11.7 Å². The summed E-state index contributed by atoms with van der Waals surface area (Å²) in [6.07, 6.45) is 3.51. The van der Waals surface area contributed by atoms with Crippen LogP contribution in [0, 0.1) is 6.92 Å². The molecule has 1 amide bonds. The minimum absolute atomic E-state index is 0.0865. The first-order valence-electron chi connectivity index (χ1n) is 9.39. The molecule has 5 nitrogen and oxygen atoms in total. The highest BCUT2D eigenvalue weighted by Crippen LogP contribution is 2.31. The number of ether oxygens (including phenoxy) is 1. The second-order valence-corrected chi connectivity index (χ2v) is 7.88. The number of carbonyl (C=O) groups excluding carboxylic acids is 1. The first-order valence-corrected chi connectivity index (χ1v) is 10.3. The fourth-order valence-corrected chi connectivity index (χ4v) is 4.10. The fourth-order valence-electron chi connectivity index (χ4n) is 2.89. The molecule has 6 heteroatoms. The van der Waals surface area contributed by atoms with Crippen LogP contribution in [0.15, 0.2) is 58.7 Å². The fraction of sp³-hybridized carbons (Fsp3) is 0.318. The molecule has 28 heavy (non-hydrogen) atoms. The van der Waals surface area contributed by atoms with E-state index in [4.69, 9.17) is 4.74 Å². The van der Waals surface area contributed by atoms with Crippen molar-refractivity contribution >= 4 is 29.1 Å². The zero-order valence-electron chi connectivity index (χ0n) is 16.5. The number of amides is 1. The second kappa shape index (κ2) is 9.55. The van der Waals surface area contributed by atoms with Crippen molar-refractivity contribution in [3.05, 3.63) is 65.2 Å². The Bertz CT molecular complexity index is 860. The van der Waals surface area contributed by atoms with Crippen LogP contribution in [0.2, 0.25) is 0 Å². The van der Waals surface area contributed by atoms with Crippen LogP contribution in [-0.2, 0) is 11.3 Å². The van der Waals surface area contributed by atoms with Crippen LogP contribution in [-0.4, -0.2) is 34.5 Å². The largest absolute Gasteiger partial charge is 0.497 e. The van der Waals surface area contributed by atoms with Gasteiger partial charge in [0.05, 0.1) is 25.1 Å². The third-order valence-electron chi connectivity index (χ3n) is 4.50. The van der Waals surface area contributed by atoms with Crippen molar-refractivity contribution in [2.45, 2.75) is 38.5 Å². The lowest BCUT2D eigenvalue weighted by atomic mass is 10.2. The van der Waals surface area contributed by atoms with Crippen molar-refractivity contribution in [3.63, 3.8) is 0 Å². The number of amidine groups is 1. The van der Waals surface area contributed by atoms with Crippen LogP contribution in [0.25, 0.3) is 0 Å². The molecule has 0 spiro atoms. The van der Waals surface area contributed by atoms with E-state index >= 15 is 0 Å².